The van der Waals surface area contributed by atoms with Crippen molar-refractivity contribution in [2.75, 3.05) is 6.54 Å². The molecule has 1 fully saturated rings. The van der Waals surface area contributed by atoms with Gasteiger partial charge in [-0.3, -0.25) is 4.79 Å². The van der Waals surface area contributed by atoms with Crippen LogP contribution in [0.2, 0.25) is 5.02 Å². The highest BCUT2D eigenvalue weighted by molar-refractivity contribution is 6.31. The molecule has 2 nitrogen and oxygen atoms in total. The average molecular weight is 398 g/mol. The van der Waals surface area contributed by atoms with Crippen molar-refractivity contribution >= 4 is 17.5 Å². The molecule has 0 saturated heterocycles. The first kappa shape index (κ1) is 19.2. The third kappa shape index (κ3) is 4.00. The molecule has 2 aromatic rings. The van der Waals surface area contributed by atoms with Crippen molar-refractivity contribution in [2.24, 2.45) is 5.92 Å². The van der Waals surface area contributed by atoms with Crippen LogP contribution >= 0.6 is 11.6 Å². The van der Waals surface area contributed by atoms with Crippen LogP contribution in [0.1, 0.15) is 43.2 Å². The molecular weight excluding hydrogens is 373 g/mol. The third-order valence-corrected chi connectivity index (χ3v) is 6.36. The van der Waals surface area contributed by atoms with Crippen molar-refractivity contribution < 1.29 is 9.18 Å². The number of nitrogens with zero attached hydrogens (tertiary/aromatic N) is 1. The molecule has 0 bridgehead atoms. The number of hydrogen-bond donors (Lipinski definition) is 0. The maximum absolute atomic E-state index is 13.7. The summed E-state index contributed by atoms with van der Waals surface area (Å²) in [6.45, 7) is 1.14. The molecule has 4 heteroatoms. The van der Waals surface area contributed by atoms with Gasteiger partial charge in [-0.05, 0) is 61.3 Å². The molecule has 146 valence electrons. The molecule has 0 radical (unpaired) electrons. The van der Waals surface area contributed by atoms with Gasteiger partial charge in [0.2, 0.25) is 5.91 Å². The van der Waals surface area contributed by atoms with Crippen molar-refractivity contribution in [2.45, 2.75) is 44.1 Å². The van der Waals surface area contributed by atoms with E-state index >= 15 is 0 Å². The zero-order valence-corrected chi connectivity index (χ0v) is 16.7. The Morgan fingerprint density at radius 1 is 1.14 bits per heavy atom. The van der Waals surface area contributed by atoms with Crippen LogP contribution in [0.4, 0.5) is 4.39 Å². The van der Waals surface area contributed by atoms with E-state index in [1.807, 2.05) is 23.1 Å². The molecule has 4 rings (SSSR count). The Morgan fingerprint density at radius 3 is 2.57 bits per heavy atom. The van der Waals surface area contributed by atoms with E-state index in [1.54, 1.807) is 6.07 Å². The quantitative estimate of drug-likeness (QED) is 0.556. The van der Waals surface area contributed by atoms with Crippen molar-refractivity contribution in [1.29, 1.82) is 0 Å². The van der Waals surface area contributed by atoms with Crippen LogP contribution < -0.4 is 0 Å². The summed E-state index contributed by atoms with van der Waals surface area (Å²) in [5, 5.41) is 0.380. The number of carbonyl (C=O) groups is 1. The van der Waals surface area contributed by atoms with Gasteiger partial charge in [0.15, 0.2) is 0 Å². The van der Waals surface area contributed by atoms with Gasteiger partial charge in [0, 0.05) is 18.1 Å². The fourth-order valence-electron chi connectivity index (χ4n) is 4.22. The Kier molecular flexibility index (Phi) is 5.54. The summed E-state index contributed by atoms with van der Waals surface area (Å²) in [7, 11) is 0. The number of amides is 1. The van der Waals surface area contributed by atoms with Gasteiger partial charge in [0.05, 0.1) is 5.41 Å². The number of halogens is 2. The summed E-state index contributed by atoms with van der Waals surface area (Å²) in [4.78, 5) is 15.6. The first-order chi connectivity index (χ1) is 13.6. The van der Waals surface area contributed by atoms with Gasteiger partial charge in [-0.25, -0.2) is 4.39 Å². The molecule has 0 aliphatic heterocycles. The topological polar surface area (TPSA) is 20.3 Å². The smallest absolute Gasteiger partial charge is 0.233 e. The van der Waals surface area contributed by atoms with E-state index in [0.29, 0.717) is 24.0 Å². The Morgan fingerprint density at radius 2 is 1.93 bits per heavy atom. The second kappa shape index (κ2) is 8.08. The lowest BCUT2D eigenvalue weighted by Crippen LogP contribution is -2.41. The molecule has 28 heavy (non-hydrogen) atoms. The zero-order valence-electron chi connectivity index (χ0n) is 15.9. The van der Waals surface area contributed by atoms with Crippen molar-refractivity contribution in [1.82, 2.24) is 4.90 Å². The predicted octanol–water partition coefficient (Wildman–Crippen LogP) is 5.90. The highest BCUT2D eigenvalue weighted by Crippen LogP contribution is 2.50. The van der Waals surface area contributed by atoms with E-state index in [4.69, 9.17) is 11.6 Å². The summed E-state index contributed by atoms with van der Waals surface area (Å²) in [5.41, 5.74) is 1.49. The lowest BCUT2D eigenvalue weighted by Gasteiger charge is -2.32. The molecule has 2 aliphatic rings. The highest BCUT2D eigenvalue weighted by atomic mass is 35.5. The summed E-state index contributed by atoms with van der Waals surface area (Å²) >= 11 is 6.28. The van der Waals surface area contributed by atoms with Crippen LogP contribution in [0.15, 0.2) is 60.7 Å². The Hall–Kier alpha value is -2.13. The van der Waals surface area contributed by atoms with E-state index in [2.05, 4.69) is 24.3 Å². The molecule has 0 unspecified atom stereocenters. The summed E-state index contributed by atoms with van der Waals surface area (Å²) in [5.74, 6) is 0.278. The maximum atomic E-state index is 13.7. The molecule has 0 aromatic heterocycles. The fraction of sp³-hybridized carbons (Fsp3) is 0.375. The van der Waals surface area contributed by atoms with Crippen LogP contribution in [-0.2, 0) is 16.8 Å². The van der Waals surface area contributed by atoms with Gasteiger partial charge in [0.1, 0.15) is 5.82 Å². The monoisotopic (exact) mass is 397 g/mol. The van der Waals surface area contributed by atoms with E-state index in [-0.39, 0.29) is 11.7 Å². The van der Waals surface area contributed by atoms with Crippen LogP contribution in [0, 0.1) is 11.7 Å². The molecule has 1 atom stereocenters. The molecule has 0 spiro atoms. The number of rotatable bonds is 6. The lowest BCUT2D eigenvalue weighted by molar-refractivity contribution is -0.135. The Labute approximate surface area is 171 Å². The average Bonchev–Trinajstić information content (AvgIpc) is 3.52. The van der Waals surface area contributed by atoms with Crippen molar-refractivity contribution in [3.8, 4) is 0 Å². The summed E-state index contributed by atoms with van der Waals surface area (Å²) in [6, 6.07) is 14.5. The fourth-order valence-corrected chi connectivity index (χ4v) is 4.45. The highest BCUT2D eigenvalue weighted by Gasteiger charge is 2.53. The normalized spacial score (nSPS) is 20.0. The van der Waals surface area contributed by atoms with E-state index < -0.39 is 5.41 Å². The standard InChI is InChI=1S/C24H25ClFNO/c25-22-15-21(26)12-11-19(22)17-27(16-18-7-3-1-4-8-18)23(28)24(13-14-24)20-9-5-2-6-10-20/h1-3,5-6,9-12,15,18H,4,7-8,13-14,16-17H2/t18-/m1/s1. The first-order valence-corrected chi connectivity index (χ1v) is 10.4. The molecule has 1 saturated carbocycles. The molecular formula is C24H25ClFNO. The van der Waals surface area contributed by atoms with Crippen LogP contribution in [0.5, 0.6) is 0 Å². The van der Waals surface area contributed by atoms with Gasteiger partial charge < -0.3 is 4.90 Å². The van der Waals surface area contributed by atoms with Crippen LogP contribution in [-0.4, -0.2) is 17.4 Å². The summed E-state index contributed by atoms with van der Waals surface area (Å²) < 4.78 is 13.5. The Bertz CT molecular complexity index is 875. The predicted molar refractivity (Wildman–Crippen MR) is 111 cm³/mol. The van der Waals surface area contributed by atoms with Crippen molar-refractivity contribution in [3.05, 3.63) is 82.6 Å². The minimum Gasteiger partial charge on any atom is -0.337 e. The number of carbonyl (C=O) groups excluding carboxylic acids is 1. The minimum atomic E-state index is -0.404. The number of allylic oxidation sites excluding steroid dienone is 2. The summed E-state index contributed by atoms with van der Waals surface area (Å²) in [6.07, 6.45) is 9.35. The van der Waals surface area contributed by atoms with Gasteiger partial charge in [-0.2, -0.15) is 0 Å². The lowest BCUT2D eigenvalue weighted by atomic mass is 9.91. The van der Waals surface area contributed by atoms with E-state index in [0.717, 1.165) is 43.2 Å². The molecule has 2 aromatic carbocycles. The van der Waals surface area contributed by atoms with E-state index in [1.165, 1.54) is 12.1 Å². The Balaban J connectivity index is 1.60. The second-order valence-corrected chi connectivity index (χ2v) is 8.43. The maximum Gasteiger partial charge on any atom is 0.233 e. The number of hydrogen-bond acceptors (Lipinski definition) is 1. The van der Waals surface area contributed by atoms with Gasteiger partial charge >= 0.3 is 0 Å². The molecule has 2 aliphatic carbocycles. The van der Waals surface area contributed by atoms with Crippen molar-refractivity contribution in [3.63, 3.8) is 0 Å². The second-order valence-electron chi connectivity index (χ2n) is 8.02. The van der Waals surface area contributed by atoms with Crippen LogP contribution in [0.25, 0.3) is 0 Å². The van der Waals surface area contributed by atoms with Gasteiger partial charge in [-0.1, -0.05) is 60.2 Å². The SMILES string of the molecule is O=C(N(Cc1ccc(F)cc1Cl)C[C@@H]1CC=CCC1)C1(c2ccccc2)CC1. The first-order valence-electron chi connectivity index (χ1n) is 10.0. The third-order valence-electron chi connectivity index (χ3n) is 6.01. The minimum absolute atomic E-state index is 0.175. The van der Waals surface area contributed by atoms with E-state index in [9.17, 15) is 9.18 Å². The molecule has 1 amide bonds. The zero-order chi connectivity index (χ0) is 19.6. The largest absolute Gasteiger partial charge is 0.337 e. The molecule has 0 heterocycles. The molecule has 0 N–H and O–H groups in total. The number of benzene rings is 2. The van der Waals surface area contributed by atoms with Gasteiger partial charge in [0.25, 0.3) is 0 Å². The van der Waals surface area contributed by atoms with Crippen LogP contribution in [0.3, 0.4) is 0 Å². The van der Waals surface area contributed by atoms with Gasteiger partial charge in [-0.15, -0.1) is 0 Å².